The molecular formula is C16H30Cl2N2O. The highest BCUT2D eigenvalue weighted by atomic mass is 35.5. The molecule has 2 aliphatic heterocycles. The van der Waals surface area contributed by atoms with Gasteiger partial charge in [0.25, 0.3) is 0 Å². The van der Waals surface area contributed by atoms with Crippen molar-refractivity contribution >= 4 is 30.6 Å². The highest BCUT2D eigenvalue weighted by Gasteiger charge is 2.33. The predicted octanol–water partition coefficient (Wildman–Crippen LogP) is 3.01. The molecule has 0 radical (unpaired) electrons. The minimum Gasteiger partial charge on any atom is -0.303 e. The van der Waals surface area contributed by atoms with Gasteiger partial charge in [-0.1, -0.05) is 6.42 Å². The molecule has 124 valence electrons. The Bertz CT molecular complexity index is 287. The Morgan fingerprint density at radius 2 is 1.10 bits per heavy atom. The fourth-order valence-corrected chi connectivity index (χ4v) is 4.14. The van der Waals surface area contributed by atoms with E-state index in [1.54, 1.807) is 0 Å². The zero-order valence-corrected chi connectivity index (χ0v) is 14.6. The average Bonchev–Trinajstić information content (AvgIpc) is 3.07. The van der Waals surface area contributed by atoms with Crippen LogP contribution in [0.25, 0.3) is 0 Å². The van der Waals surface area contributed by atoms with Gasteiger partial charge in [0.05, 0.1) is 0 Å². The molecule has 0 amide bonds. The van der Waals surface area contributed by atoms with E-state index in [0.717, 1.165) is 25.9 Å². The second-order valence-corrected chi connectivity index (χ2v) is 6.74. The van der Waals surface area contributed by atoms with Gasteiger partial charge in [0.15, 0.2) is 0 Å². The summed E-state index contributed by atoms with van der Waals surface area (Å²) in [4.78, 5) is 17.7. The molecule has 2 heterocycles. The number of hydrogen-bond acceptors (Lipinski definition) is 3. The zero-order chi connectivity index (χ0) is 13.1. The van der Waals surface area contributed by atoms with Crippen LogP contribution in [0, 0.1) is 11.8 Å². The van der Waals surface area contributed by atoms with Crippen LogP contribution in [-0.2, 0) is 4.79 Å². The van der Waals surface area contributed by atoms with Crippen molar-refractivity contribution in [2.24, 2.45) is 11.8 Å². The lowest BCUT2D eigenvalue weighted by Gasteiger charge is -2.32. The summed E-state index contributed by atoms with van der Waals surface area (Å²) in [5.41, 5.74) is 0. The number of carbonyl (C=O) groups excluding carboxylic acids is 1. The van der Waals surface area contributed by atoms with Gasteiger partial charge in [-0.2, -0.15) is 0 Å². The predicted molar refractivity (Wildman–Crippen MR) is 91.7 cm³/mol. The van der Waals surface area contributed by atoms with Crippen molar-refractivity contribution in [1.82, 2.24) is 9.80 Å². The first-order valence-electron chi connectivity index (χ1n) is 8.31. The van der Waals surface area contributed by atoms with Gasteiger partial charge in [0, 0.05) is 24.9 Å². The number of hydrogen-bond donors (Lipinski definition) is 0. The summed E-state index contributed by atoms with van der Waals surface area (Å²) in [7, 11) is 0. The van der Waals surface area contributed by atoms with Gasteiger partial charge in [-0.15, -0.1) is 24.8 Å². The summed E-state index contributed by atoms with van der Waals surface area (Å²) in [5, 5.41) is 0. The van der Waals surface area contributed by atoms with Gasteiger partial charge in [-0.3, -0.25) is 4.79 Å². The molecule has 0 aromatic carbocycles. The molecule has 0 N–H and O–H groups in total. The maximum Gasteiger partial charge on any atom is 0.141 e. The first-order valence-corrected chi connectivity index (χ1v) is 8.31. The highest BCUT2D eigenvalue weighted by molar-refractivity contribution is 5.85. The molecule has 3 fully saturated rings. The largest absolute Gasteiger partial charge is 0.303 e. The third-order valence-corrected chi connectivity index (χ3v) is 5.26. The Kier molecular flexibility index (Phi) is 8.55. The van der Waals surface area contributed by atoms with E-state index in [4.69, 9.17) is 0 Å². The van der Waals surface area contributed by atoms with Crippen LogP contribution < -0.4 is 0 Å². The highest BCUT2D eigenvalue weighted by Crippen LogP contribution is 2.28. The second kappa shape index (κ2) is 9.34. The van der Waals surface area contributed by atoms with E-state index >= 15 is 0 Å². The van der Waals surface area contributed by atoms with Gasteiger partial charge in [-0.25, -0.2) is 0 Å². The molecule has 3 nitrogen and oxygen atoms in total. The van der Waals surface area contributed by atoms with Gasteiger partial charge >= 0.3 is 0 Å². The lowest BCUT2D eigenvalue weighted by Crippen LogP contribution is -2.41. The third kappa shape index (κ3) is 5.09. The van der Waals surface area contributed by atoms with Crippen LogP contribution in [0.2, 0.25) is 0 Å². The number of Topliss-reactive ketones (excluding diaryl/α,β-unsaturated/α-hetero) is 1. The number of rotatable bonds is 4. The zero-order valence-electron chi connectivity index (χ0n) is 13.0. The van der Waals surface area contributed by atoms with Crippen LogP contribution in [0.5, 0.6) is 0 Å². The molecule has 2 saturated heterocycles. The van der Waals surface area contributed by atoms with Crippen molar-refractivity contribution in [3.8, 4) is 0 Å². The fourth-order valence-electron chi connectivity index (χ4n) is 4.14. The van der Waals surface area contributed by atoms with Crippen molar-refractivity contribution in [3.63, 3.8) is 0 Å². The third-order valence-electron chi connectivity index (χ3n) is 5.26. The summed E-state index contributed by atoms with van der Waals surface area (Å²) >= 11 is 0. The lowest BCUT2D eigenvalue weighted by atomic mass is 9.79. The van der Waals surface area contributed by atoms with Crippen LogP contribution in [0.3, 0.4) is 0 Å². The molecule has 0 bridgehead atoms. The van der Waals surface area contributed by atoms with E-state index in [0.29, 0.717) is 17.6 Å². The molecule has 3 aliphatic rings. The molecule has 1 saturated carbocycles. The molecule has 21 heavy (non-hydrogen) atoms. The van der Waals surface area contributed by atoms with Gasteiger partial charge in [0.1, 0.15) is 5.78 Å². The molecule has 2 unspecified atom stereocenters. The number of likely N-dealkylation sites (tertiary alicyclic amines) is 2. The van der Waals surface area contributed by atoms with E-state index in [1.165, 1.54) is 58.3 Å². The van der Waals surface area contributed by atoms with Crippen LogP contribution in [-0.4, -0.2) is 54.9 Å². The van der Waals surface area contributed by atoms with Crippen LogP contribution >= 0.6 is 24.8 Å². The molecule has 5 heteroatoms. The quantitative estimate of drug-likeness (QED) is 0.788. The Morgan fingerprint density at radius 1 is 0.714 bits per heavy atom. The first kappa shape index (κ1) is 19.2. The Labute approximate surface area is 141 Å². The second-order valence-electron chi connectivity index (χ2n) is 6.74. The molecule has 0 aromatic heterocycles. The number of carbonyl (C=O) groups is 1. The SMILES string of the molecule is Cl.Cl.O=C1C(CN2CCCC2)CCCC1CN1CCCC1. The first-order chi connectivity index (χ1) is 9.33. The molecule has 1 aliphatic carbocycles. The fraction of sp³-hybridized carbons (Fsp3) is 0.938. The van der Waals surface area contributed by atoms with Crippen molar-refractivity contribution in [2.45, 2.75) is 44.9 Å². The lowest BCUT2D eigenvalue weighted by molar-refractivity contribution is -0.130. The Balaban J connectivity index is 0.00000110. The summed E-state index contributed by atoms with van der Waals surface area (Å²) in [5.74, 6) is 1.28. The van der Waals surface area contributed by atoms with Crippen molar-refractivity contribution in [3.05, 3.63) is 0 Å². The summed E-state index contributed by atoms with van der Waals surface area (Å²) < 4.78 is 0. The molecule has 0 spiro atoms. The molecular weight excluding hydrogens is 307 g/mol. The maximum absolute atomic E-state index is 12.6. The number of halogens is 2. The normalized spacial score (nSPS) is 31.0. The number of nitrogens with zero attached hydrogens (tertiary/aromatic N) is 2. The van der Waals surface area contributed by atoms with E-state index < -0.39 is 0 Å². The smallest absolute Gasteiger partial charge is 0.141 e. The number of ketones is 1. The average molecular weight is 337 g/mol. The summed E-state index contributed by atoms with van der Waals surface area (Å²) in [6.45, 7) is 6.99. The maximum atomic E-state index is 12.6. The van der Waals surface area contributed by atoms with Crippen LogP contribution in [0.1, 0.15) is 44.9 Å². The molecule has 2 atom stereocenters. The van der Waals surface area contributed by atoms with Gasteiger partial charge < -0.3 is 9.80 Å². The minimum absolute atomic E-state index is 0. The van der Waals surface area contributed by atoms with E-state index in [1.807, 2.05) is 0 Å². The van der Waals surface area contributed by atoms with Crippen molar-refractivity contribution < 1.29 is 4.79 Å². The van der Waals surface area contributed by atoms with Gasteiger partial charge in [-0.05, 0) is 64.7 Å². The molecule has 3 rings (SSSR count). The van der Waals surface area contributed by atoms with Crippen LogP contribution in [0.15, 0.2) is 0 Å². The Hall–Kier alpha value is 0.170. The van der Waals surface area contributed by atoms with Gasteiger partial charge in [0.2, 0.25) is 0 Å². The Morgan fingerprint density at radius 3 is 1.48 bits per heavy atom. The van der Waals surface area contributed by atoms with E-state index in [-0.39, 0.29) is 24.8 Å². The van der Waals surface area contributed by atoms with E-state index in [9.17, 15) is 4.79 Å². The van der Waals surface area contributed by atoms with E-state index in [2.05, 4.69) is 9.80 Å². The summed E-state index contributed by atoms with van der Waals surface area (Å²) in [6.07, 6.45) is 8.88. The molecule has 0 aromatic rings. The standard InChI is InChI=1S/C16H28N2O.2ClH/c19-16-14(12-17-8-1-2-9-17)6-5-7-15(16)13-18-10-3-4-11-18;;/h14-15H,1-13H2;2*1H. The topological polar surface area (TPSA) is 23.6 Å². The van der Waals surface area contributed by atoms with Crippen molar-refractivity contribution in [1.29, 1.82) is 0 Å². The van der Waals surface area contributed by atoms with Crippen LogP contribution in [0.4, 0.5) is 0 Å². The van der Waals surface area contributed by atoms with Crippen molar-refractivity contribution in [2.75, 3.05) is 39.3 Å². The summed E-state index contributed by atoms with van der Waals surface area (Å²) in [6, 6.07) is 0. The monoisotopic (exact) mass is 336 g/mol. The minimum atomic E-state index is 0.